The smallest absolute Gasteiger partial charge is 0.347 e. The van der Waals surface area contributed by atoms with Gasteiger partial charge in [0.15, 0.2) is 0 Å². The van der Waals surface area contributed by atoms with Crippen LogP contribution in [-0.2, 0) is 19.6 Å². The highest BCUT2D eigenvalue weighted by Crippen LogP contribution is 2.34. The Morgan fingerprint density at radius 3 is 2.60 bits per heavy atom. The van der Waals surface area contributed by atoms with Gasteiger partial charge in [-0.3, -0.25) is 9.48 Å². The fourth-order valence-electron chi connectivity index (χ4n) is 3.45. The van der Waals surface area contributed by atoms with E-state index in [9.17, 15) is 18.0 Å². The molecule has 2 heterocycles. The van der Waals surface area contributed by atoms with Crippen LogP contribution in [0.15, 0.2) is 36.5 Å². The van der Waals surface area contributed by atoms with Gasteiger partial charge >= 0.3 is 6.18 Å². The van der Waals surface area contributed by atoms with Crippen LogP contribution in [0, 0.1) is 13.8 Å². The topological polar surface area (TPSA) is 72.9 Å². The molecule has 0 bridgehead atoms. The molecule has 0 aliphatic rings. The summed E-state index contributed by atoms with van der Waals surface area (Å²) in [6.45, 7) is 3.89. The number of thiophene rings is 1. The van der Waals surface area contributed by atoms with Crippen molar-refractivity contribution in [2.24, 2.45) is 12.8 Å². The first-order valence-corrected chi connectivity index (χ1v) is 10.2. The number of hydrogen-bond acceptors (Lipinski definition) is 4. The zero-order chi connectivity index (χ0) is 22.1. The molecule has 0 fully saturated rings. The first kappa shape index (κ1) is 22.0. The molecule has 1 amide bonds. The molecule has 0 saturated carbocycles. The highest BCUT2D eigenvalue weighted by Gasteiger charge is 2.33. The Bertz CT molecular complexity index is 1040. The average molecular weight is 437 g/mol. The third-order valence-corrected chi connectivity index (χ3v) is 5.98. The summed E-state index contributed by atoms with van der Waals surface area (Å²) in [6, 6.07) is 6.51. The lowest BCUT2D eigenvalue weighted by molar-refractivity contribution is -0.138. The first-order valence-electron chi connectivity index (χ1n) is 9.37. The monoisotopic (exact) mass is 436 g/mol. The molecule has 30 heavy (non-hydrogen) atoms. The quantitative estimate of drug-likeness (QED) is 0.612. The normalized spacial score (nSPS) is 12.8. The maximum absolute atomic E-state index is 13.3. The van der Waals surface area contributed by atoms with Gasteiger partial charge in [-0.2, -0.15) is 18.3 Å². The van der Waals surface area contributed by atoms with Gasteiger partial charge in [0.1, 0.15) is 0 Å². The maximum Gasteiger partial charge on any atom is 0.416 e. The molecule has 2 aromatic heterocycles. The summed E-state index contributed by atoms with van der Waals surface area (Å²) < 4.78 is 41.5. The number of aromatic nitrogens is 2. The number of nitrogens with two attached hydrogens (primary N) is 1. The molecule has 0 spiro atoms. The van der Waals surface area contributed by atoms with E-state index in [0.717, 1.165) is 27.8 Å². The number of rotatable bonds is 6. The van der Waals surface area contributed by atoms with Crippen molar-refractivity contribution < 1.29 is 18.0 Å². The van der Waals surface area contributed by atoms with Crippen LogP contribution in [0.25, 0.3) is 11.3 Å². The molecule has 3 rings (SSSR count). The van der Waals surface area contributed by atoms with Crippen molar-refractivity contribution in [2.75, 3.05) is 6.54 Å². The van der Waals surface area contributed by atoms with Crippen LogP contribution in [0.3, 0.4) is 0 Å². The summed E-state index contributed by atoms with van der Waals surface area (Å²) in [6.07, 6.45) is -2.70. The van der Waals surface area contributed by atoms with Crippen LogP contribution >= 0.6 is 11.3 Å². The molecule has 3 N–H and O–H groups in total. The molecular formula is C21H23F3N4OS. The molecule has 1 aromatic carbocycles. The predicted molar refractivity (Wildman–Crippen MR) is 111 cm³/mol. The van der Waals surface area contributed by atoms with E-state index in [4.69, 9.17) is 5.73 Å². The van der Waals surface area contributed by atoms with Crippen LogP contribution in [-0.4, -0.2) is 28.3 Å². The molecule has 0 unspecified atom stereocenters. The number of carbonyl (C=O) groups is 1. The minimum absolute atomic E-state index is 0.00399. The van der Waals surface area contributed by atoms with Crippen molar-refractivity contribution in [3.05, 3.63) is 63.0 Å². The third kappa shape index (κ3) is 4.57. The molecule has 160 valence electrons. The van der Waals surface area contributed by atoms with E-state index in [1.165, 1.54) is 23.5 Å². The average Bonchev–Trinajstić information content (AvgIpc) is 3.22. The highest BCUT2D eigenvalue weighted by atomic mass is 32.1. The predicted octanol–water partition coefficient (Wildman–Crippen LogP) is 4.08. The van der Waals surface area contributed by atoms with Crippen LogP contribution < -0.4 is 11.1 Å². The molecule has 0 aliphatic heterocycles. The molecule has 5 nitrogen and oxygen atoms in total. The Morgan fingerprint density at radius 1 is 1.30 bits per heavy atom. The number of aryl methyl sites for hydroxylation is 3. The van der Waals surface area contributed by atoms with Crippen molar-refractivity contribution >= 4 is 17.2 Å². The first-order chi connectivity index (χ1) is 14.1. The molecule has 0 saturated heterocycles. The van der Waals surface area contributed by atoms with Crippen molar-refractivity contribution in [3.63, 3.8) is 0 Å². The number of hydrogen-bond donors (Lipinski definition) is 2. The van der Waals surface area contributed by atoms with E-state index in [-0.39, 0.29) is 24.4 Å². The zero-order valence-electron chi connectivity index (χ0n) is 16.9. The zero-order valence-corrected chi connectivity index (χ0v) is 17.7. The molecule has 1 atom stereocenters. The van der Waals surface area contributed by atoms with E-state index in [0.29, 0.717) is 4.88 Å². The largest absolute Gasteiger partial charge is 0.416 e. The van der Waals surface area contributed by atoms with Gasteiger partial charge in [-0.25, -0.2) is 0 Å². The van der Waals surface area contributed by atoms with Crippen molar-refractivity contribution in [2.45, 2.75) is 32.5 Å². The summed E-state index contributed by atoms with van der Waals surface area (Å²) in [5.41, 5.74) is 7.98. The summed E-state index contributed by atoms with van der Waals surface area (Å²) in [5, 5.41) is 7.02. The van der Waals surface area contributed by atoms with Gasteiger partial charge in [-0.1, -0.05) is 18.2 Å². The maximum atomic E-state index is 13.3. The molecule has 3 aromatic rings. The van der Waals surface area contributed by atoms with Gasteiger partial charge in [0.25, 0.3) is 5.91 Å². The lowest BCUT2D eigenvalue weighted by Crippen LogP contribution is -2.41. The van der Waals surface area contributed by atoms with E-state index < -0.39 is 17.8 Å². The Hall–Kier alpha value is -2.65. The fraction of sp³-hybridized carbons (Fsp3) is 0.333. The summed E-state index contributed by atoms with van der Waals surface area (Å²) in [7, 11) is 1.84. The van der Waals surface area contributed by atoms with Gasteiger partial charge in [0.2, 0.25) is 0 Å². The lowest BCUT2D eigenvalue weighted by Gasteiger charge is -2.19. The van der Waals surface area contributed by atoms with Gasteiger partial charge < -0.3 is 11.1 Å². The molecule has 9 heteroatoms. The van der Waals surface area contributed by atoms with E-state index in [2.05, 4.69) is 10.4 Å². The summed E-state index contributed by atoms with van der Waals surface area (Å²) >= 11 is 1.33. The Balaban J connectivity index is 1.80. The number of benzene rings is 1. The van der Waals surface area contributed by atoms with Crippen LogP contribution in [0.2, 0.25) is 0 Å². The van der Waals surface area contributed by atoms with E-state index >= 15 is 0 Å². The Morgan fingerprint density at radius 2 is 2.00 bits per heavy atom. The van der Waals surface area contributed by atoms with Crippen molar-refractivity contribution in [3.8, 4) is 11.3 Å². The minimum Gasteiger partial charge on any atom is -0.347 e. The van der Waals surface area contributed by atoms with Gasteiger partial charge in [0.05, 0.1) is 22.3 Å². The molecule has 0 radical (unpaired) electrons. The minimum atomic E-state index is -4.46. The number of amides is 1. The van der Waals surface area contributed by atoms with Crippen molar-refractivity contribution in [1.29, 1.82) is 0 Å². The second kappa shape index (κ2) is 8.61. The van der Waals surface area contributed by atoms with Gasteiger partial charge in [-0.15, -0.1) is 11.3 Å². The number of alkyl halides is 3. The number of nitrogens with one attached hydrogen (secondary N) is 1. The van der Waals surface area contributed by atoms with E-state index in [1.54, 1.807) is 23.0 Å². The summed E-state index contributed by atoms with van der Waals surface area (Å²) in [5.74, 6) is -0.353. The molecular weight excluding hydrogens is 413 g/mol. The van der Waals surface area contributed by atoms with Gasteiger partial charge in [0, 0.05) is 30.1 Å². The number of nitrogens with zero attached hydrogens (tertiary/aromatic N) is 2. The van der Waals surface area contributed by atoms with Gasteiger partial charge in [-0.05, 0) is 43.5 Å². The highest BCUT2D eigenvalue weighted by molar-refractivity contribution is 7.14. The number of halogens is 3. The Labute approximate surface area is 176 Å². The fourth-order valence-corrected chi connectivity index (χ4v) is 4.38. The lowest BCUT2D eigenvalue weighted by atomic mass is 9.99. The summed E-state index contributed by atoms with van der Waals surface area (Å²) in [4.78, 5) is 14.2. The second-order valence-corrected chi connectivity index (χ2v) is 8.40. The number of carbonyl (C=O) groups excluding carboxylic acids is 1. The standard InChI is InChI=1S/C21H23F3N4OS/c1-12-11-26-28(3)19(12)16-9-18(30-13(16)2)20(29)27-15(10-25)8-14-6-4-5-7-17(14)21(22,23)24/h4-7,9,11,15H,8,10,25H2,1-3H3,(H,27,29)/t15-/m0/s1. The van der Waals surface area contributed by atoms with Crippen LogP contribution in [0.5, 0.6) is 0 Å². The second-order valence-electron chi connectivity index (χ2n) is 7.15. The molecule has 0 aliphatic carbocycles. The SMILES string of the molecule is Cc1cnn(C)c1-c1cc(C(=O)N[C@H](CN)Cc2ccccc2C(F)(F)F)sc1C. The van der Waals surface area contributed by atoms with Crippen molar-refractivity contribution in [1.82, 2.24) is 15.1 Å². The third-order valence-electron chi connectivity index (χ3n) is 4.93. The Kier molecular flexibility index (Phi) is 6.33. The van der Waals surface area contributed by atoms with E-state index in [1.807, 2.05) is 20.9 Å². The van der Waals surface area contributed by atoms with Crippen LogP contribution in [0.1, 0.15) is 31.2 Å². The van der Waals surface area contributed by atoms with Crippen LogP contribution in [0.4, 0.5) is 13.2 Å².